The van der Waals surface area contributed by atoms with Crippen molar-refractivity contribution in [3.05, 3.63) is 48.0 Å². The van der Waals surface area contributed by atoms with Gasteiger partial charge in [-0.1, -0.05) is 36.4 Å². The third-order valence-electron chi connectivity index (χ3n) is 4.96. The summed E-state index contributed by atoms with van der Waals surface area (Å²) in [5.41, 5.74) is 1.01. The number of hydrogen-bond donors (Lipinski definition) is 0. The van der Waals surface area contributed by atoms with Crippen molar-refractivity contribution in [1.82, 2.24) is 9.80 Å². The minimum absolute atomic E-state index is 0.106. The van der Waals surface area contributed by atoms with Crippen LogP contribution < -0.4 is 0 Å². The first-order valence-corrected chi connectivity index (χ1v) is 9.15. The number of nitrogens with zero attached hydrogens (tertiary/aromatic N) is 4. The predicted octanol–water partition coefficient (Wildman–Crippen LogP) is 4.93. The summed E-state index contributed by atoms with van der Waals surface area (Å²) in [7, 11) is 0. The van der Waals surface area contributed by atoms with E-state index in [1.807, 2.05) is 6.19 Å². The zero-order valence-electron chi connectivity index (χ0n) is 16.6. The van der Waals surface area contributed by atoms with Crippen LogP contribution in [0.5, 0.6) is 0 Å². The van der Waals surface area contributed by atoms with Crippen LogP contribution in [-0.2, 0) is 0 Å². The number of guanidine groups is 1. The third-order valence-corrected chi connectivity index (χ3v) is 4.96. The summed E-state index contributed by atoms with van der Waals surface area (Å²) in [5, 5.41) is 11.8. The minimum Gasteiger partial charge on any atom is -0.335 e. The largest absolute Gasteiger partial charge is 0.335 e. The van der Waals surface area contributed by atoms with Gasteiger partial charge in [0, 0.05) is 17.6 Å². The van der Waals surface area contributed by atoms with Crippen LogP contribution in [-0.4, -0.2) is 33.4 Å². The first-order chi connectivity index (χ1) is 12.1. The summed E-state index contributed by atoms with van der Waals surface area (Å²) in [4.78, 5) is 8.78. The molecule has 0 aliphatic carbocycles. The fourth-order valence-electron chi connectivity index (χ4n) is 3.78. The van der Waals surface area contributed by atoms with Gasteiger partial charge in [0.15, 0.2) is 0 Å². The fourth-order valence-corrected chi connectivity index (χ4v) is 3.78. The van der Waals surface area contributed by atoms with Gasteiger partial charge in [0.2, 0.25) is 12.2 Å². The zero-order valence-corrected chi connectivity index (χ0v) is 16.6. The highest BCUT2D eigenvalue weighted by atomic mass is 15.5. The van der Waals surface area contributed by atoms with Crippen molar-refractivity contribution >= 4 is 16.7 Å². The summed E-state index contributed by atoms with van der Waals surface area (Å²) in [6.45, 7) is 13.9. The molecule has 0 N–H and O–H groups in total. The first kappa shape index (κ1) is 18.3. The number of rotatable bonds is 1. The van der Waals surface area contributed by atoms with E-state index in [1.54, 1.807) is 0 Å². The Morgan fingerprint density at radius 3 is 2.19 bits per heavy atom. The molecule has 1 atom stereocenters. The minimum atomic E-state index is -0.147. The van der Waals surface area contributed by atoms with Crippen molar-refractivity contribution < 1.29 is 0 Å². The van der Waals surface area contributed by atoms with E-state index in [4.69, 9.17) is 0 Å². The second-order valence-corrected chi connectivity index (χ2v) is 8.96. The molecule has 4 heteroatoms. The molecule has 3 rings (SSSR count). The monoisotopic (exact) mass is 348 g/mol. The molecular weight excluding hydrogens is 320 g/mol. The SMILES string of the molecule is CC(C)(C)N1CC(c2ccc3ccccc3c2)N(C(C)(C)C)C1=NC#N. The van der Waals surface area contributed by atoms with Gasteiger partial charge in [-0.3, -0.25) is 0 Å². The molecule has 0 amide bonds. The Morgan fingerprint density at radius 1 is 0.962 bits per heavy atom. The van der Waals surface area contributed by atoms with Crippen molar-refractivity contribution in [2.45, 2.75) is 58.7 Å². The van der Waals surface area contributed by atoms with E-state index in [2.05, 4.69) is 98.8 Å². The lowest BCUT2D eigenvalue weighted by molar-refractivity contribution is 0.199. The molecule has 0 saturated carbocycles. The Kier molecular flexibility index (Phi) is 4.44. The van der Waals surface area contributed by atoms with Gasteiger partial charge < -0.3 is 9.80 Å². The Morgan fingerprint density at radius 2 is 1.62 bits per heavy atom. The lowest BCUT2D eigenvalue weighted by Crippen LogP contribution is -2.50. The van der Waals surface area contributed by atoms with E-state index in [1.165, 1.54) is 16.3 Å². The second-order valence-electron chi connectivity index (χ2n) is 8.96. The predicted molar refractivity (Wildman–Crippen MR) is 108 cm³/mol. The molecule has 1 aliphatic rings. The van der Waals surface area contributed by atoms with E-state index in [0.29, 0.717) is 0 Å². The number of fused-ring (bicyclic) bond motifs is 1. The van der Waals surface area contributed by atoms with Crippen molar-refractivity contribution in [2.24, 2.45) is 4.99 Å². The average Bonchev–Trinajstić information content (AvgIpc) is 2.94. The van der Waals surface area contributed by atoms with Gasteiger partial charge in [0.1, 0.15) is 0 Å². The molecule has 1 heterocycles. The molecule has 1 fully saturated rings. The molecule has 4 nitrogen and oxygen atoms in total. The molecule has 0 spiro atoms. The van der Waals surface area contributed by atoms with E-state index < -0.39 is 0 Å². The van der Waals surface area contributed by atoms with Crippen LogP contribution in [0.15, 0.2) is 47.5 Å². The second kappa shape index (κ2) is 6.32. The number of hydrogen-bond acceptors (Lipinski definition) is 2. The highest BCUT2D eigenvalue weighted by Gasteiger charge is 2.45. The lowest BCUT2D eigenvalue weighted by Gasteiger charge is -2.39. The molecule has 1 aliphatic heterocycles. The van der Waals surface area contributed by atoms with E-state index in [-0.39, 0.29) is 17.1 Å². The van der Waals surface area contributed by atoms with Gasteiger partial charge in [-0.25, -0.2) is 0 Å². The smallest absolute Gasteiger partial charge is 0.214 e. The highest BCUT2D eigenvalue weighted by Crippen LogP contribution is 2.39. The van der Waals surface area contributed by atoms with E-state index >= 15 is 0 Å². The Bertz CT molecular complexity index is 877. The van der Waals surface area contributed by atoms with Crippen molar-refractivity contribution in [3.63, 3.8) is 0 Å². The average molecular weight is 348 g/mol. The Hall–Kier alpha value is -2.54. The summed E-state index contributed by atoms with van der Waals surface area (Å²) in [6.07, 6.45) is 2.02. The van der Waals surface area contributed by atoms with Gasteiger partial charge in [0.05, 0.1) is 6.04 Å². The van der Waals surface area contributed by atoms with Gasteiger partial charge in [0.25, 0.3) is 0 Å². The molecule has 26 heavy (non-hydrogen) atoms. The van der Waals surface area contributed by atoms with Gasteiger partial charge in [-0.2, -0.15) is 5.26 Å². The van der Waals surface area contributed by atoms with Gasteiger partial charge >= 0.3 is 0 Å². The lowest BCUT2D eigenvalue weighted by atomic mass is 9.97. The Balaban J connectivity index is 2.14. The maximum absolute atomic E-state index is 9.30. The van der Waals surface area contributed by atoms with Crippen molar-refractivity contribution in [3.8, 4) is 6.19 Å². The van der Waals surface area contributed by atoms with Crippen LogP contribution in [0.25, 0.3) is 10.8 Å². The van der Waals surface area contributed by atoms with Crippen molar-refractivity contribution in [2.75, 3.05) is 6.54 Å². The van der Waals surface area contributed by atoms with Crippen LogP contribution in [0.1, 0.15) is 53.1 Å². The summed E-state index contributed by atoms with van der Waals surface area (Å²) in [6, 6.07) is 15.3. The molecule has 0 radical (unpaired) electrons. The normalized spacial score (nSPS) is 20.0. The molecule has 0 bridgehead atoms. The van der Waals surface area contributed by atoms with Crippen LogP contribution in [0.2, 0.25) is 0 Å². The maximum atomic E-state index is 9.30. The summed E-state index contributed by atoms with van der Waals surface area (Å²) in [5.74, 6) is 0.769. The summed E-state index contributed by atoms with van der Waals surface area (Å²) >= 11 is 0. The van der Waals surface area contributed by atoms with E-state index in [0.717, 1.165) is 12.5 Å². The Labute approximate surface area is 156 Å². The standard InChI is InChI=1S/C22H28N4/c1-21(2,3)25-14-19(26(22(4,5)6)20(25)24-15-23)18-12-11-16-9-7-8-10-17(16)13-18/h7-13,19H,14H2,1-6H3. The van der Waals surface area contributed by atoms with Crippen LogP contribution in [0.4, 0.5) is 0 Å². The number of benzene rings is 2. The van der Waals surface area contributed by atoms with E-state index in [9.17, 15) is 5.26 Å². The molecule has 136 valence electrons. The van der Waals surface area contributed by atoms with Crippen LogP contribution in [0, 0.1) is 11.5 Å². The summed E-state index contributed by atoms with van der Waals surface area (Å²) < 4.78 is 0. The van der Waals surface area contributed by atoms with Gasteiger partial charge in [-0.05, 0) is 63.9 Å². The molecule has 0 aromatic heterocycles. The van der Waals surface area contributed by atoms with Crippen LogP contribution >= 0.6 is 0 Å². The first-order valence-electron chi connectivity index (χ1n) is 9.15. The number of nitriles is 1. The molecular formula is C22H28N4. The van der Waals surface area contributed by atoms with Crippen LogP contribution in [0.3, 0.4) is 0 Å². The number of aliphatic imine (C=N–C) groups is 1. The molecule has 2 aromatic carbocycles. The van der Waals surface area contributed by atoms with Crippen molar-refractivity contribution in [1.29, 1.82) is 5.26 Å². The molecule has 2 aromatic rings. The fraction of sp³-hybridized carbons (Fsp3) is 0.455. The quantitative estimate of drug-likeness (QED) is 0.686. The zero-order chi connectivity index (χ0) is 19.1. The van der Waals surface area contributed by atoms with Gasteiger partial charge in [-0.15, -0.1) is 4.99 Å². The molecule has 1 saturated heterocycles. The third kappa shape index (κ3) is 3.26. The molecule has 1 unspecified atom stereocenters. The maximum Gasteiger partial charge on any atom is 0.214 e. The topological polar surface area (TPSA) is 42.6 Å². The highest BCUT2D eigenvalue weighted by molar-refractivity contribution is 5.86.